The predicted octanol–water partition coefficient (Wildman–Crippen LogP) is 4.08. The van der Waals surface area contributed by atoms with Crippen LogP contribution in [0, 0.1) is 10.1 Å². The van der Waals surface area contributed by atoms with Gasteiger partial charge < -0.3 is 9.69 Å². The fraction of sp³-hybridized carbons (Fsp3) is 0.176. The fourth-order valence-electron chi connectivity index (χ4n) is 2.58. The zero-order valence-corrected chi connectivity index (χ0v) is 14.8. The average Bonchev–Trinajstić information content (AvgIpc) is 2.60. The highest BCUT2D eigenvalue weighted by Crippen LogP contribution is 2.43. The lowest BCUT2D eigenvalue weighted by atomic mass is 10.1. The SMILES string of the molecule is CN(Cc1ccccc1)C1=NC(C=O)c2cc(Cl)cc([N+](=O)[O-])c2S1. The van der Waals surface area contributed by atoms with E-state index in [1.165, 1.54) is 17.8 Å². The van der Waals surface area contributed by atoms with E-state index in [9.17, 15) is 14.9 Å². The van der Waals surface area contributed by atoms with Crippen LogP contribution < -0.4 is 0 Å². The summed E-state index contributed by atoms with van der Waals surface area (Å²) in [6, 6.07) is 11.8. The molecule has 0 saturated heterocycles. The van der Waals surface area contributed by atoms with Crippen molar-refractivity contribution in [3.05, 3.63) is 68.7 Å². The lowest BCUT2D eigenvalue weighted by molar-refractivity contribution is -0.387. The Kier molecular flexibility index (Phi) is 5.06. The van der Waals surface area contributed by atoms with Crippen LogP contribution in [0.3, 0.4) is 0 Å². The second-order valence-electron chi connectivity index (χ2n) is 5.54. The number of hydrogen-bond donors (Lipinski definition) is 0. The van der Waals surface area contributed by atoms with Crippen LogP contribution in [-0.4, -0.2) is 28.3 Å². The standard InChI is InChI=1S/C17H14ClN3O3S/c1-20(9-11-5-3-2-4-6-11)17-19-14(10-22)13-7-12(18)8-15(21(23)24)16(13)25-17/h2-8,10,14H,9H2,1H3. The molecule has 0 amide bonds. The smallest absolute Gasteiger partial charge is 0.285 e. The van der Waals surface area contributed by atoms with Crippen molar-refractivity contribution in [2.75, 3.05) is 7.05 Å². The van der Waals surface area contributed by atoms with Crippen LogP contribution in [0.25, 0.3) is 0 Å². The Hall–Kier alpha value is -2.38. The number of nitro groups is 1. The van der Waals surface area contributed by atoms with E-state index in [0.717, 1.165) is 5.56 Å². The first-order chi connectivity index (χ1) is 12.0. The molecule has 8 heteroatoms. The van der Waals surface area contributed by atoms with Gasteiger partial charge in [-0.15, -0.1) is 0 Å². The summed E-state index contributed by atoms with van der Waals surface area (Å²) in [4.78, 5) is 29.1. The molecule has 0 bridgehead atoms. The van der Waals surface area contributed by atoms with Gasteiger partial charge in [-0.2, -0.15) is 0 Å². The van der Waals surface area contributed by atoms with Gasteiger partial charge >= 0.3 is 0 Å². The van der Waals surface area contributed by atoms with E-state index in [1.807, 2.05) is 42.3 Å². The lowest BCUT2D eigenvalue weighted by Crippen LogP contribution is -2.27. The maximum Gasteiger partial charge on any atom is 0.285 e. The molecular weight excluding hydrogens is 362 g/mol. The minimum Gasteiger partial charge on any atom is -0.350 e. The number of halogens is 1. The van der Waals surface area contributed by atoms with E-state index >= 15 is 0 Å². The molecule has 1 heterocycles. The summed E-state index contributed by atoms with van der Waals surface area (Å²) in [5.41, 5.74) is 1.43. The summed E-state index contributed by atoms with van der Waals surface area (Å²) in [6.07, 6.45) is 0.676. The summed E-state index contributed by atoms with van der Waals surface area (Å²) in [7, 11) is 1.84. The van der Waals surface area contributed by atoms with Crippen molar-refractivity contribution in [3.8, 4) is 0 Å². The summed E-state index contributed by atoms with van der Waals surface area (Å²) in [5, 5.41) is 12.2. The number of hydrogen-bond acceptors (Lipinski definition) is 6. The van der Waals surface area contributed by atoms with Crippen LogP contribution in [0.15, 0.2) is 52.4 Å². The Morgan fingerprint density at radius 3 is 2.72 bits per heavy atom. The number of carbonyl (C=O) groups is 1. The van der Waals surface area contributed by atoms with Crippen molar-refractivity contribution in [3.63, 3.8) is 0 Å². The monoisotopic (exact) mass is 375 g/mol. The van der Waals surface area contributed by atoms with Crippen LogP contribution >= 0.6 is 23.4 Å². The summed E-state index contributed by atoms with van der Waals surface area (Å²) in [5.74, 6) is 0. The van der Waals surface area contributed by atoms with E-state index in [2.05, 4.69) is 4.99 Å². The highest BCUT2D eigenvalue weighted by atomic mass is 35.5. The van der Waals surface area contributed by atoms with Gasteiger partial charge in [0, 0.05) is 30.2 Å². The molecule has 1 unspecified atom stereocenters. The minimum absolute atomic E-state index is 0.111. The van der Waals surface area contributed by atoms with Crippen LogP contribution in [0.5, 0.6) is 0 Å². The molecule has 0 saturated carbocycles. The second kappa shape index (κ2) is 7.25. The van der Waals surface area contributed by atoms with Crippen LogP contribution in [0.4, 0.5) is 5.69 Å². The van der Waals surface area contributed by atoms with Crippen molar-refractivity contribution in [1.82, 2.24) is 4.90 Å². The first-order valence-electron chi connectivity index (χ1n) is 7.43. The predicted molar refractivity (Wildman–Crippen MR) is 98.1 cm³/mol. The number of aldehydes is 1. The van der Waals surface area contributed by atoms with Gasteiger partial charge in [-0.3, -0.25) is 10.1 Å². The number of aliphatic imine (C=N–C) groups is 1. The Labute approximate surface area is 153 Å². The zero-order chi connectivity index (χ0) is 18.0. The van der Waals surface area contributed by atoms with Gasteiger partial charge in [-0.25, -0.2) is 4.99 Å². The molecule has 0 spiro atoms. The van der Waals surface area contributed by atoms with Crippen molar-refractivity contribution >= 4 is 40.5 Å². The van der Waals surface area contributed by atoms with Gasteiger partial charge in [-0.1, -0.05) is 41.9 Å². The number of carbonyl (C=O) groups excluding carboxylic acids is 1. The number of benzene rings is 2. The van der Waals surface area contributed by atoms with E-state index in [4.69, 9.17) is 11.6 Å². The molecular formula is C17H14ClN3O3S. The maximum atomic E-state index is 11.5. The molecule has 6 nitrogen and oxygen atoms in total. The quantitative estimate of drug-likeness (QED) is 0.457. The van der Waals surface area contributed by atoms with Gasteiger partial charge in [0.1, 0.15) is 12.3 Å². The van der Waals surface area contributed by atoms with Crippen LogP contribution in [0.1, 0.15) is 17.2 Å². The zero-order valence-electron chi connectivity index (χ0n) is 13.3. The van der Waals surface area contributed by atoms with Gasteiger partial charge in [-0.05, 0) is 23.4 Å². The number of fused-ring (bicyclic) bond motifs is 1. The Morgan fingerprint density at radius 2 is 2.08 bits per heavy atom. The molecule has 1 atom stereocenters. The Bertz CT molecular complexity index is 858. The minimum atomic E-state index is -0.804. The van der Waals surface area contributed by atoms with Gasteiger partial charge in [0.05, 0.1) is 9.82 Å². The van der Waals surface area contributed by atoms with Crippen molar-refractivity contribution in [2.45, 2.75) is 17.5 Å². The normalized spacial score (nSPS) is 15.9. The van der Waals surface area contributed by atoms with E-state index in [0.29, 0.717) is 28.5 Å². The van der Waals surface area contributed by atoms with E-state index in [1.54, 1.807) is 6.07 Å². The summed E-state index contributed by atoms with van der Waals surface area (Å²) < 4.78 is 0. The first kappa shape index (κ1) is 17.4. The largest absolute Gasteiger partial charge is 0.350 e. The highest BCUT2D eigenvalue weighted by Gasteiger charge is 2.31. The number of nitrogens with zero attached hydrogens (tertiary/aromatic N) is 3. The van der Waals surface area contributed by atoms with Crippen molar-refractivity contribution in [1.29, 1.82) is 0 Å². The summed E-state index contributed by atoms with van der Waals surface area (Å²) >= 11 is 7.15. The summed E-state index contributed by atoms with van der Waals surface area (Å²) in [6.45, 7) is 0.578. The van der Waals surface area contributed by atoms with Crippen LogP contribution in [-0.2, 0) is 11.3 Å². The van der Waals surface area contributed by atoms with Gasteiger partial charge in [0.15, 0.2) is 5.17 Å². The lowest BCUT2D eigenvalue weighted by Gasteiger charge is -2.26. The fourth-order valence-corrected chi connectivity index (χ4v) is 3.90. The molecule has 2 aromatic carbocycles. The van der Waals surface area contributed by atoms with Gasteiger partial charge in [0.25, 0.3) is 5.69 Å². The molecule has 2 aromatic rings. The molecule has 1 aliphatic heterocycles. The van der Waals surface area contributed by atoms with Gasteiger partial charge in [0.2, 0.25) is 0 Å². The molecule has 0 radical (unpaired) electrons. The first-order valence-corrected chi connectivity index (χ1v) is 8.63. The number of thioether (sulfide) groups is 1. The molecule has 3 rings (SSSR count). The molecule has 25 heavy (non-hydrogen) atoms. The maximum absolute atomic E-state index is 11.5. The second-order valence-corrected chi connectivity index (χ2v) is 6.95. The molecule has 0 aromatic heterocycles. The third-order valence-corrected chi connectivity index (χ3v) is 5.21. The molecule has 128 valence electrons. The third-order valence-electron chi connectivity index (χ3n) is 3.74. The van der Waals surface area contributed by atoms with E-state index < -0.39 is 11.0 Å². The Morgan fingerprint density at radius 1 is 1.36 bits per heavy atom. The van der Waals surface area contributed by atoms with E-state index in [-0.39, 0.29) is 10.7 Å². The molecule has 0 aliphatic carbocycles. The number of rotatable bonds is 4. The highest BCUT2D eigenvalue weighted by molar-refractivity contribution is 8.14. The molecule has 0 N–H and O–H groups in total. The molecule has 1 aliphatic rings. The number of amidine groups is 1. The topological polar surface area (TPSA) is 75.8 Å². The molecule has 0 fully saturated rings. The van der Waals surface area contributed by atoms with Crippen molar-refractivity contribution < 1.29 is 9.72 Å². The number of nitro benzene ring substituents is 1. The average molecular weight is 376 g/mol. The third kappa shape index (κ3) is 3.67. The Balaban J connectivity index is 1.96. The van der Waals surface area contributed by atoms with Crippen LogP contribution in [0.2, 0.25) is 5.02 Å². The van der Waals surface area contributed by atoms with Crippen molar-refractivity contribution in [2.24, 2.45) is 4.99 Å².